The predicted molar refractivity (Wildman–Crippen MR) is 115 cm³/mol. The number of ketones is 2. The average molecular weight is 424 g/mol. The van der Waals surface area contributed by atoms with E-state index in [0.717, 1.165) is 24.3 Å². The van der Waals surface area contributed by atoms with Gasteiger partial charge in [-0.2, -0.15) is 10.5 Å². The average Bonchev–Trinajstić information content (AvgIpc) is 2.81. The Hall–Kier alpha value is -4.68. The number of Topliss-reactive ketones (excluding diaryl/α,β-unsaturated/α-hetero) is 2. The van der Waals surface area contributed by atoms with Crippen molar-refractivity contribution in [1.82, 2.24) is 0 Å². The Morgan fingerprint density at radius 1 is 0.656 bits per heavy atom. The lowest BCUT2D eigenvalue weighted by Gasteiger charge is -2.03. The maximum absolute atomic E-state index is 13.1. The third kappa shape index (κ3) is 5.27. The van der Waals surface area contributed by atoms with Crippen molar-refractivity contribution < 1.29 is 18.4 Å². The monoisotopic (exact) mass is 424 g/mol. The number of halogens is 2. The first-order valence-electron chi connectivity index (χ1n) is 9.35. The van der Waals surface area contributed by atoms with Crippen molar-refractivity contribution in [3.8, 4) is 12.1 Å². The second kappa shape index (κ2) is 9.88. The van der Waals surface area contributed by atoms with Crippen LogP contribution in [-0.4, -0.2) is 11.6 Å². The van der Waals surface area contributed by atoms with Gasteiger partial charge >= 0.3 is 0 Å². The quantitative estimate of drug-likeness (QED) is 0.295. The van der Waals surface area contributed by atoms with Crippen LogP contribution in [0, 0.1) is 34.3 Å². The molecule has 0 amide bonds. The van der Waals surface area contributed by atoms with Crippen LogP contribution >= 0.6 is 0 Å². The number of carbonyl (C=O) groups is 2. The second-order valence-corrected chi connectivity index (χ2v) is 6.68. The lowest BCUT2D eigenvalue weighted by molar-refractivity contribution is 0.103. The number of carbonyl (C=O) groups excluding carboxylic acids is 2. The molecule has 154 valence electrons. The third-order valence-electron chi connectivity index (χ3n) is 4.48. The zero-order valence-electron chi connectivity index (χ0n) is 16.5. The highest BCUT2D eigenvalue weighted by Crippen LogP contribution is 2.18. The first kappa shape index (κ1) is 22.0. The van der Waals surface area contributed by atoms with Crippen LogP contribution in [0.3, 0.4) is 0 Å². The van der Waals surface area contributed by atoms with E-state index in [4.69, 9.17) is 0 Å². The topological polar surface area (TPSA) is 81.7 Å². The molecule has 0 saturated carbocycles. The summed E-state index contributed by atoms with van der Waals surface area (Å²) in [6.45, 7) is 0. The van der Waals surface area contributed by atoms with E-state index in [0.29, 0.717) is 11.1 Å². The second-order valence-electron chi connectivity index (χ2n) is 6.68. The Bertz CT molecular complexity index is 1220. The van der Waals surface area contributed by atoms with Gasteiger partial charge in [0.25, 0.3) is 0 Å². The van der Waals surface area contributed by atoms with Gasteiger partial charge in [0.15, 0.2) is 0 Å². The molecule has 0 aliphatic carbocycles. The molecule has 0 unspecified atom stereocenters. The van der Waals surface area contributed by atoms with Gasteiger partial charge in [-0.3, -0.25) is 9.59 Å². The van der Waals surface area contributed by atoms with E-state index in [-0.39, 0.29) is 22.3 Å². The molecule has 0 spiro atoms. The molecule has 0 aromatic heterocycles. The van der Waals surface area contributed by atoms with Gasteiger partial charge < -0.3 is 0 Å². The van der Waals surface area contributed by atoms with Crippen molar-refractivity contribution in [3.63, 3.8) is 0 Å². The van der Waals surface area contributed by atoms with Crippen molar-refractivity contribution in [2.24, 2.45) is 0 Å². The number of nitrogens with zero attached hydrogens (tertiary/aromatic N) is 2. The molecule has 0 aliphatic rings. The Morgan fingerprint density at radius 2 is 1.03 bits per heavy atom. The fraction of sp³-hybridized carbons (Fsp3) is 0. The summed E-state index contributed by atoms with van der Waals surface area (Å²) in [7, 11) is 0. The molecule has 0 N–H and O–H groups in total. The van der Waals surface area contributed by atoms with Gasteiger partial charge in [0.05, 0.1) is 0 Å². The first-order chi connectivity index (χ1) is 15.4. The largest absolute Gasteiger partial charge is 0.288 e. The van der Waals surface area contributed by atoms with Crippen LogP contribution in [0.5, 0.6) is 0 Å². The van der Waals surface area contributed by atoms with Crippen molar-refractivity contribution in [2.45, 2.75) is 0 Å². The van der Waals surface area contributed by atoms with E-state index in [1.807, 2.05) is 12.1 Å². The number of hydrogen-bond acceptors (Lipinski definition) is 4. The summed E-state index contributed by atoms with van der Waals surface area (Å²) < 4.78 is 26.2. The van der Waals surface area contributed by atoms with E-state index in [1.165, 1.54) is 36.4 Å². The standard InChI is InChI=1S/C26H14F2N2O2/c27-23-8-4-19(5-9-23)25(31)21(15-29)13-17-2-1-3-18(12-17)14-22(16-30)26(32)20-6-10-24(28)11-7-20/h1-14H/b21-13+,22-14+. The highest BCUT2D eigenvalue weighted by atomic mass is 19.1. The predicted octanol–water partition coefficient (Wildman–Crippen LogP) is 5.54. The molecule has 0 heterocycles. The molecule has 0 fully saturated rings. The van der Waals surface area contributed by atoms with Crippen LogP contribution < -0.4 is 0 Å². The van der Waals surface area contributed by atoms with E-state index in [9.17, 15) is 28.9 Å². The maximum atomic E-state index is 13.1. The highest BCUT2D eigenvalue weighted by molar-refractivity contribution is 6.14. The van der Waals surface area contributed by atoms with Crippen LogP contribution in [0.2, 0.25) is 0 Å². The molecule has 0 aliphatic heterocycles. The third-order valence-corrected chi connectivity index (χ3v) is 4.48. The minimum atomic E-state index is -0.558. The molecule has 6 heteroatoms. The van der Waals surface area contributed by atoms with E-state index in [2.05, 4.69) is 0 Å². The SMILES string of the molecule is N#C/C(=C\c1cccc(/C=C(\C#N)C(=O)c2ccc(F)cc2)c1)C(=O)c1ccc(F)cc1. The van der Waals surface area contributed by atoms with Gasteiger partial charge in [0, 0.05) is 11.1 Å². The molecular weight excluding hydrogens is 410 g/mol. The van der Waals surface area contributed by atoms with E-state index >= 15 is 0 Å². The minimum Gasteiger partial charge on any atom is -0.288 e. The Balaban J connectivity index is 1.91. The molecule has 3 aromatic carbocycles. The van der Waals surface area contributed by atoms with Crippen LogP contribution in [0.1, 0.15) is 31.8 Å². The first-order valence-corrected chi connectivity index (χ1v) is 9.35. The van der Waals surface area contributed by atoms with Crippen molar-refractivity contribution in [2.75, 3.05) is 0 Å². The van der Waals surface area contributed by atoms with Crippen LogP contribution in [0.15, 0.2) is 83.9 Å². The zero-order chi connectivity index (χ0) is 23.1. The molecule has 0 saturated heterocycles. The number of rotatable bonds is 6. The molecular formula is C26H14F2N2O2. The van der Waals surface area contributed by atoms with E-state index in [1.54, 1.807) is 24.3 Å². The minimum absolute atomic E-state index is 0.152. The van der Waals surface area contributed by atoms with E-state index < -0.39 is 23.2 Å². The molecule has 0 radical (unpaired) electrons. The fourth-order valence-electron chi connectivity index (χ4n) is 2.88. The number of benzene rings is 3. The van der Waals surface area contributed by atoms with Gasteiger partial charge in [-0.05, 0) is 77.9 Å². The lowest BCUT2D eigenvalue weighted by Crippen LogP contribution is -2.02. The van der Waals surface area contributed by atoms with Gasteiger partial charge in [0.2, 0.25) is 11.6 Å². The Labute approximate surface area is 183 Å². The number of hydrogen-bond donors (Lipinski definition) is 0. The normalized spacial score (nSPS) is 11.4. The summed E-state index contributed by atoms with van der Waals surface area (Å²) in [6.07, 6.45) is 2.74. The molecule has 4 nitrogen and oxygen atoms in total. The van der Waals surface area contributed by atoms with Gasteiger partial charge in [-0.1, -0.05) is 18.2 Å². The summed E-state index contributed by atoms with van der Waals surface area (Å²) in [5, 5.41) is 18.8. The summed E-state index contributed by atoms with van der Waals surface area (Å²) in [5.74, 6) is -2.10. The molecule has 32 heavy (non-hydrogen) atoms. The van der Waals surface area contributed by atoms with Crippen molar-refractivity contribution >= 4 is 23.7 Å². The fourth-order valence-corrected chi connectivity index (χ4v) is 2.88. The van der Waals surface area contributed by atoms with Crippen LogP contribution in [0.25, 0.3) is 12.2 Å². The highest BCUT2D eigenvalue weighted by Gasteiger charge is 2.14. The maximum Gasteiger partial charge on any atom is 0.203 e. The van der Waals surface area contributed by atoms with Crippen LogP contribution in [0.4, 0.5) is 8.78 Å². The number of nitriles is 2. The molecule has 0 atom stereocenters. The molecule has 3 rings (SSSR count). The Kier molecular flexibility index (Phi) is 6.80. The van der Waals surface area contributed by atoms with Crippen molar-refractivity contribution in [3.05, 3.63) is 118 Å². The summed E-state index contributed by atoms with van der Waals surface area (Å²) in [5.41, 5.74) is 1.04. The number of allylic oxidation sites excluding steroid dienone is 2. The Morgan fingerprint density at radius 3 is 1.38 bits per heavy atom. The summed E-state index contributed by atoms with van der Waals surface area (Å²) in [4.78, 5) is 25.1. The summed E-state index contributed by atoms with van der Waals surface area (Å²) in [6, 6.07) is 20.0. The van der Waals surface area contributed by atoms with Crippen LogP contribution in [-0.2, 0) is 0 Å². The molecule has 3 aromatic rings. The molecule has 0 bridgehead atoms. The van der Waals surface area contributed by atoms with Crippen molar-refractivity contribution in [1.29, 1.82) is 10.5 Å². The smallest absolute Gasteiger partial charge is 0.203 e. The zero-order valence-corrected chi connectivity index (χ0v) is 16.5. The summed E-state index contributed by atoms with van der Waals surface area (Å²) >= 11 is 0. The van der Waals surface area contributed by atoms with Gasteiger partial charge in [0.1, 0.15) is 34.9 Å². The van der Waals surface area contributed by atoms with Gasteiger partial charge in [-0.25, -0.2) is 8.78 Å². The van der Waals surface area contributed by atoms with Gasteiger partial charge in [-0.15, -0.1) is 0 Å². The lowest BCUT2D eigenvalue weighted by atomic mass is 9.99.